The van der Waals surface area contributed by atoms with Gasteiger partial charge in [0, 0.05) is 19.3 Å². The zero-order valence-electron chi connectivity index (χ0n) is 68.5. The minimum Gasteiger partial charge on any atom is -0.462 e. The van der Waals surface area contributed by atoms with E-state index >= 15 is 0 Å². The molecule has 0 rings (SSSR count). The van der Waals surface area contributed by atoms with Crippen LogP contribution in [0.5, 0.6) is 0 Å². The number of carbonyl (C=O) groups is 4. The second-order valence-electron chi connectivity index (χ2n) is 26.2. The van der Waals surface area contributed by atoms with Crippen LogP contribution in [0.15, 0.2) is 243 Å². The van der Waals surface area contributed by atoms with Gasteiger partial charge >= 0.3 is 39.5 Å². The predicted octanol–water partition coefficient (Wildman–Crippen LogP) is 24.8. The first-order chi connectivity index (χ1) is 54.7. The fraction of sp³-hybridized carbons (Fsp3) is 0.527. The lowest BCUT2D eigenvalue weighted by atomic mass is 10.1. The van der Waals surface area contributed by atoms with Gasteiger partial charge < -0.3 is 33.8 Å². The number of hydrogen-bond acceptors (Lipinski definition) is 15. The Morgan fingerprint density at radius 2 is 0.491 bits per heavy atom. The van der Waals surface area contributed by atoms with Gasteiger partial charge in [0.1, 0.15) is 19.3 Å². The van der Waals surface area contributed by atoms with Crippen molar-refractivity contribution >= 4 is 39.5 Å². The Balaban J connectivity index is 5.59. The lowest BCUT2D eigenvalue weighted by Gasteiger charge is -2.21. The molecule has 112 heavy (non-hydrogen) atoms. The third kappa shape index (κ3) is 80.9. The number of ether oxygens (including phenoxy) is 4. The van der Waals surface area contributed by atoms with E-state index in [0.29, 0.717) is 32.1 Å². The van der Waals surface area contributed by atoms with Gasteiger partial charge in [-0.05, 0) is 173 Å². The molecule has 3 N–H and O–H groups in total. The third-order valence-corrected chi connectivity index (χ3v) is 17.7. The molecule has 0 fully saturated rings. The molecule has 0 saturated heterocycles. The normalized spacial score (nSPS) is 15.0. The van der Waals surface area contributed by atoms with Crippen molar-refractivity contribution in [3.63, 3.8) is 0 Å². The quantitative estimate of drug-likeness (QED) is 0.0169. The minimum absolute atomic E-state index is 0.0148. The number of phosphoric ester groups is 2. The van der Waals surface area contributed by atoms with Crippen molar-refractivity contribution in [2.24, 2.45) is 0 Å². The van der Waals surface area contributed by atoms with Crippen LogP contribution in [0.3, 0.4) is 0 Å². The summed E-state index contributed by atoms with van der Waals surface area (Å²) in [6.45, 7) is 4.12. The summed E-state index contributed by atoms with van der Waals surface area (Å²) in [5.74, 6) is -2.51. The Kier molecular flexibility index (Phi) is 76.6. The largest absolute Gasteiger partial charge is 0.472 e. The highest BCUT2D eigenvalue weighted by atomic mass is 31.2. The Morgan fingerprint density at radius 1 is 0.259 bits per heavy atom. The number of hydrogen-bond donors (Lipinski definition) is 3. The van der Waals surface area contributed by atoms with Gasteiger partial charge in [0.2, 0.25) is 0 Å². The zero-order valence-corrected chi connectivity index (χ0v) is 70.3. The molecule has 5 atom stereocenters. The maximum absolute atomic E-state index is 13.1. The summed E-state index contributed by atoms with van der Waals surface area (Å²) in [6.07, 6.45) is 107. The van der Waals surface area contributed by atoms with E-state index in [2.05, 4.69) is 228 Å². The molecule has 0 heterocycles. The van der Waals surface area contributed by atoms with Crippen LogP contribution in [0.2, 0.25) is 0 Å². The van der Waals surface area contributed by atoms with E-state index < -0.39 is 97.5 Å². The van der Waals surface area contributed by atoms with E-state index in [1.165, 1.54) is 0 Å². The minimum atomic E-state index is -5.03. The summed E-state index contributed by atoms with van der Waals surface area (Å²) in [7, 11) is -10.1. The van der Waals surface area contributed by atoms with Gasteiger partial charge in [0.05, 0.1) is 32.8 Å². The molecule has 5 unspecified atom stereocenters. The lowest BCUT2D eigenvalue weighted by Crippen LogP contribution is -2.30. The lowest BCUT2D eigenvalue weighted by molar-refractivity contribution is -0.161. The van der Waals surface area contributed by atoms with Gasteiger partial charge in [-0.25, -0.2) is 9.13 Å². The fourth-order valence-corrected chi connectivity index (χ4v) is 11.3. The topological polar surface area (TPSA) is 237 Å². The molecule has 0 amide bonds. The van der Waals surface area contributed by atoms with Crippen LogP contribution in [-0.2, 0) is 65.4 Å². The molecule has 0 aromatic carbocycles. The van der Waals surface area contributed by atoms with E-state index in [9.17, 15) is 43.2 Å². The Labute approximate surface area is 676 Å². The third-order valence-electron chi connectivity index (χ3n) is 15.8. The molecule has 0 aliphatic heterocycles. The highest BCUT2D eigenvalue weighted by Gasteiger charge is 2.30. The molecule has 0 radical (unpaired) electrons. The Hall–Kier alpha value is -7.14. The molecule has 0 aliphatic carbocycles. The van der Waals surface area contributed by atoms with Crippen LogP contribution in [0, 0.1) is 0 Å². The van der Waals surface area contributed by atoms with Crippen LogP contribution in [0.1, 0.15) is 259 Å². The number of aliphatic hydroxyl groups is 1. The maximum atomic E-state index is 13.1. The standard InChI is InChI=1S/C93H142O17P2/c1-5-9-13-17-21-25-29-33-37-40-43-46-50-53-57-61-65-69-73-77-90(95)103-83-88(109-92(97)79-75-71-67-63-59-55-49-36-32-28-24-20-16-12-8-4)85-107-111(99,100)105-81-87(94)82-106-112(101,102)108-86-89(110-93(98)80-76-72-68-64-60-56-52-48-45-42-39-35-31-27-23-19-15-11-7-3)84-104-91(96)78-74-70-66-62-58-54-51-47-44-41-38-34-30-26-22-18-14-10-6-2/h9-16,21-28,33-39,43-49,54,56,58-60,63,66,70-71,75,87-89,94H,5-8,17-20,29-32,40-42,50-53,55,57,61-62,64-65,67-69,72-74,76-86H2,1-4H3,(H,99,100)(H,101,102)/b13-9-,14-10-,15-11-,16-12-,25-21-,26-22-,27-23-,28-24-,37-33-,38-34-,39-35-,46-43-,47-44-,48-45-,49-36-,58-54-,60-56-,63-59-,70-66-,75-71-. The fourth-order valence-electron chi connectivity index (χ4n) is 9.75. The monoisotopic (exact) mass is 1590 g/mol. The molecule has 0 aliphatic rings. The molecular formula is C93H142O17P2. The molecule has 0 aromatic heterocycles. The van der Waals surface area contributed by atoms with Gasteiger partial charge in [-0.2, -0.15) is 0 Å². The summed E-state index contributed by atoms with van der Waals surface area (Å²) in [6, 6.07) is 0. The molecule has 0 aromatic rings. The summed E-state index contributed by atoms with van der Waals surface area (Å²) >= 11 is 0. The van der Waals surface area contributed by atoms with Crippen molar-refractivity contribution in [2.75, 3.05) is 39.6 Å². The van der Waals surface area contributed by atoms with E-state index in [1.54, 1.807) is 12.2 Å². The second kappa shape index (κ2) is 81.9. The second-order valence-corrected chi connectivity index (χ2v) is 29.1. The van der Waals surface area contributed by atoms with Crippen molar-refractivity contribution in [3.05, 3.63) is 243 Å². The number of allylic oxidation sites excluding steroid dienone is 39. The van der Waals surface area contributed by atoms with E-state index in [0.717, 1.165) is 173 Å². The van der Waals surface area contributed by atoms with Crippen molar-refractivity contribution in [1.29, 1.82) is 0 Å². The van der Waals surface area contributed by atoms with E-state index in [4.69, 9.17) is 37.0 Å². The molecule has 0 bridgehead atoms. The van der Waals surface area contributed by atoms with Crippen LogP contribution in [-0.4, -0.2) is 96.7 Å². The average Bonchev–Trinajstić information content (AvgIpc) is 0.898. The van der Waals surface area contributed by atoms with Crippen molar-refractivity contribution in [3.8, 4) is 0 Å². The van der Waals surface area contributed by atoms with Gasteiger partial charge in [0.25, 0.3) is 0 Å². The van der Waals surface area contributed by atoms with Gasteiger partial charge in [-0.15, -0.1) is 0 Å². The Morgan fingerprint density at radius 3 is 0.812 bits per heavy atom. The summed E-state index contributed by atoms with van der Waals surface area (Å²) < 4.78 is 68.5. The van der Waals surface area contributed by atoms with Crippen LogP contribution in [0.4, 0.5) is 0 Å². The van der Waals surface area contributed by atoms with Gasteiger partial charge in [0.15, 0.2) is 12.2 Å². The average molecular weight is 1590 g/mol. The van der Waals surface area contributed by atoms with Crippen molar-refractivity contribution < 1.29 is 80.2 Å². The maximum Gasteiger partial charge on any atom is 0.472 e. The molecule has 17 nitrogen and oxygen atoms in total. The van der Waals surface area contributed by atoms with Crippen LogP contribution < -0.4 is 0 Å². The highest BCUT2D eigenvalue weighted by molar-refractivity contribution is 7.47. The van der Waals surface area contributed by atoms with Crippen LogP contribution in [0.25, 0.3) is 0 Å². The number of rotatable bonds is 74. The Bertz CT molecular complexity index is 3090. The van der Waals surface area contributed by atoms with Crippen LogP contribution >= 0.6 is 15.6 Å². The first kappa shape index (κ1) is 105. The first-order valence-corrected chi connectivity index (χ1v) is 44.3. The van der Waals surface area contributed by atoms with Gasteiger partial charge in [-0.1, -0.05) is 303 Å². The number of unbranched alkanes of at least 4 members (excludes halogenated alkanes) is 9. The summed E-state index contributed by atoms with van der Waals surface area (Å²) in [5.41, 5.74) is 0. The zero-order chi connectivity index (χ0) is 81.7. The molecule has 0 spiro atoms. The highest BCUT2D eigenvalue weighted by Crippen LogP contribution is 2.45. The smallest absolute Gasteiger partial charge is 0.462 e. The molecular weight excluding hydrogens is 1450 g/mol. The number of carbonyl (C=O) groups excluding carboxylic acids is 4. The molecule has 0 saturated carbocycles. The molecule has 19 heteroatoms. The predicted molar refractivity (Wildman–Crippen MR) is 463 cm³/mol. The van der Waals surface area contributed by atoms with Crippen molar-refractivity contribution in [2.45, 2.75) is 277 Å². The van der Waals surface area contributed by atoms with E-state index in [-0.39, 0.29) is 25.7 Å². The first-order valence-electron chi connectivity index (χ1n) is 41.3. The SMILES string of the molecule is CC/C=C\C/C=C\C/C=C\C/C=C\C/C=C\C/C=C\CCC(=O)OCC(COP(=O)(O)OCC(O)COP(=O)(O)OCC(COC(=O)CCCCCCCC/C=C\C/C=C\C/C=C\C/C=C\CC)OC(=O)C/C=C\C/C=C\C/C=C\C/C=C\C/C=C\CC)OC(=O)CCCCC/C=C\C/C=C\C/C=C\C/C=C\C/C=C\CC. The number of esters is 4. The number of aliphatic hydroxyl groups excluding tert-OH is 1. The van der Waals surface area contributed by atoms with Crippen molar-refractivity contribution in [1.82, 2.24) is 0 Å². The van der Waals surface area contributed by atoms with Gasteiger partial charge in [-0.3, -0.25) is 37.3 Å². The van der Waals surface area contributed by atoms with E-state index in [1.807, 2.05) is 30.4 Å². The molecule has 626 valence electrons. The summed E-state index contributed by atoms with van der Waals surface area (Å²) in [5, 5.41) is 10.7. The number of phosphoric acid groups is 2. The summed E-state index contributed by atoms with van der Waals surface area (Å²) in [4.78, 5) is 73.1.